The number of methoxy groups -OCH3 is 1. The molecule has 33 heavy (non-hydrogen) atoms. The molecule has 7 heteroatoms. The quantitative estimate of drug-likeness (QED) is 0.618. The zero-order chi connectivity index (χ0) is 23.8. The van der Waals surface area contributed by atoms with Crippen molar-refractivity contribution in [3.8, 4) is 16.9 Å². The molecule has 7 nitrogen and oxygen atoms in total. The number of benzene rings is 1. The first-order valence-electron chi connectivity index (χ1n) is 11.5. The molecule has 176 valence electrons. The minimum absolute atomic E-state index is 0.101. The van der Waals surface area contributed by atoms with Crippen LogP contribution in [0.1, 0.15) is 69.5 Å². The van der Waals surface area contributed by atoms with Crippen LogP contribution < -0.4 is 4.74 Å². The van der Waals surface area contributed by atoms with Crippen molar-refractivity contribution in [1.29, 1.82) is 0 Å². The number of esters is 1. The van der Waals surface area contributed by atoms with Gasteiger partial charge in [0.1, 0.15) is 5.75 Å². The van der Waals surface area contributed by atoms with Gasteiger partial charge < -0.3 is 14.2 Å². The van der Waals surface area contributed by atoms with Crippen molar-refractivity contribution in [3.63, 3.8) is 0 Å². The predicted octanol–water partition coefficient (Wildman–Crippen LogP) is 4.58. The van der Waals surface area contributed by atoms with E-state index in [1.807, 2.05) is 32.9 Å². The topological polar surface area (TPSA) is 79.7 Å². The number of ketones is 1. The van der Waals surface area contributed by atoms with Crippen LogP contribution in [0.4, 0.5) is 0 Å². The average molecular weight is 453 g/mol. The zero-order valence-corrected chi connectivity index (χ0v) is 20.1. The van der Waals surface area contributed by atoms with Gasteiger partial charge in [0.15, 0.2) is 11.9 Å². The third-order valence-corrected chi connectivity index (χ3v) is 5.93. The van der Waals surface area contributed by atoms with Crippen LogP contribution >= 0.6 is 0 Å². The van der Waals surface area contributed by atoms with Gasteiger partial charge in [-0.1, -0.05) is 6.07 Å². The van der Waals surface area contributed by atoms with Crippen LogP contribution in [-0.2, 0) is 32.5 Å². The second kappa shape index (κ2) is 9.14. The summed E-state index contributed by atoms with van der Waals surface area (Å²) in [4.78, 5) is 25.1. The number of hydrogen-bond donors (Lipinski definition) is 0. The van der Waals surface area contributed by atoms with Gasteiger partial charge in [-0.25, -0.2) is 4.79 Å². The molecular weight excluding hydrogens is 420 g/mol. The van der Waals surface area contributed by atoms with Crippen molar-refractivity contribution in [2.24, 2.45) is 7.05 Å². The lowest BCUT2D eigenvalue weighted by Gasteiger charge is -2.27. The molecule has 1 aromatic carbocycles. The molecular formula is C26H32N2O5. The lowest BCUT2D eigenvalue weighted by molar-refractivity contribution is -0.165. The van der Waals surface area contributed by atoms with Gasteiger partial charge in [0, 0.05) is 19.0 Å². The number of carbonyl (C=O) groups excluding carboxylic acids is 2. The largest absolute Gasteiger partial charge is 0.493 e. The van der Waals surface area contributed by atoms with Crippen LogP contribution in [0.5, 0.6) is 5.75 Å². The number of aryl methyl sites for hydroxylation is 2. The fourth-order valence-electron chi connectivity index (χ4n) is 4.52. The highest BCUT2D eigenvalue weighted by atomic mass is 16.6. The Bertz CT molecular complexity index is 1110. The van der Waals surface area contributed by atoms with Crippen LogP contribution in [0.3, 0.4) is 0 Å². The Kier molecular flexibility index (Phi) is 6.43. The smallest absolute Gasteiger partial charge is 0.341 e. The lowest BCUT2D eigenvalue weighted by atomic mass is 9.89. The summed E-state index contributed by atoms with van der Waals surface area (Å²) in [7, 11) is 3.16. The van der Waals surface area contributed by atoms with E-state index in [0.29, 0.717) is 24.4 Å². The molecule has 1 atom stereocenters. The van der Waals surface area contributed by atoms with E-state index in [2.05, 4.69) is 6.07 Å². The standard InChI is InChI=1S/C26H32N2O5/c1-26(2,3)33-24(25(30)31-5)23-21(17-11-12-20-16(14-17)9-7-13-32-20)22(27-28(23)4)18-8-6-10-19(29)15-18/h11-12,14-15,24H,6-10,13H2,1-5H3. The Balaban J connectivity index is 1.95. The highest BCUT2D eigenvalue weighted by Crippen LogP contribution is 2.41. The van der Waals surface area contributed by atoms with Crippen molar-refractivity contribution < 1.29 is 23.8 Å². The molecule has 0 fully saturated rings. The average Bonchev–Trinajstić information content (AvgIpc) is 3.13. The fourth-order valence-corrected chi connectivity index (χ4v) is 4.52. The monoisotopic (exact) mass is 452 g/mol. The molecule has 0 radical (unpaired) electrons. The Labute approximate surface area is 194 Å². The summed E-state index contributed by atoms with van der Waals surface area (Å²) >= 11 is 0. The van der Waals surface area contributed by atoms with E-state index >= 15 is 0 Å². The van der Waals surface area contributed by atoms with Crippen molar-refractivity contribution >= 4 is 17.3 Å². The summed E-state index contributed by atoms with van der Waals surface area (Å²) in [6.45, 7) is 6.42. The first-order chi connectivity index (χ1) is 15.7. The van der Waals surface area contributed by atoms with E-state index in [0.717, 1.165) is 53.7 Å². The number of hydrogen-bond acceptors (Lipinski definition) is 6. The Morgan fingerprint density at radius 1 is 1.18 bits per heavy atom. The molecule has 1 aliphatic heterocycles. The minimum atomic E-state index is -0.969. The molecule has 2 aliphatic rings. The zero-order valence-electron chi connectivity index (χ0n) is 20.1. The molecule has 0 saturated heterocycles. The van der Waals surface area contributed by atoms with Gasteiger partial charge in [-0.3, -0.25) is 9.48 Å². The van der Waals surface area contributed by atoms with Crippen LogP contribution in [0.15, 0.2) is 24.3 Å². The Hall–Kier alpha value is -2.93. The van der Waals surface area contributed by atoms with Crippen molar-refractivity contribution in [2.75, 3.05) is 13.7 Å². The van der Waals surface area contributed by atoms with E-state index in [9.17, 15) is 9.59 Å². The van der Waals surface area contributed by atoms with E-state index in [-0.39, 0.29) is 5.78 Å². The molecule has 1 aliphatic carbocycles. The molecule has 1 unspecified atom stereocenters. The fraction of sp³-hybridized carbons (Fsp3) is 0.500. The van der Waals surface area contributed by atoms with E-state index in [4.69, 9.17) is 19.3 Å². The third kappa shape index (κ3) is 4.88. The van der Waals surface area contributed by atoms with Crippen LogP contribution in [0.2, 0.25) is 0 Å². The lowest BCUT2D eigenvalue weighted by Crippen LogP contribution is -2.29. The molecule has 0 spiro atoms. The molecule has 2 heterocycles. The summed E-state index contributed by atoms with van der Waals surface area (Å²) in [5, 5.41) is 4.80. The molecule has 2 aromatic rings. The highest BCUT2D eigenvalue weighted by Gasteiger charge is 2.36. The number of rotatable bonds is 5. The highest BCUT2D eigenvalue weighted by molar-refractivity contribution is 6.00. The Morgan fingerprint density at radius 3 is 2.67 bits per heavy atom. The van der Waals surface area contributed by atoms with Gasteiger partial charge in [-0.2, -0.15) is 5.10 Å². The van der Waals surface area contributed by atoms with Crippen LogP contribution in [-0.4, -0.2) is 40.9 Å². The Morgan fingerprint density at radius 2 is 1.97 bits per heavy atom. The SMILES string of the molecule is COC(=O)C(OC(C)(C)C)c1c(-c2ccc3c(c2)CCCO3)c(C2=CC(=O)CCC2)nn1C. The van der Waals surface area contributed by atoms with E-state index in [1.54, 1.807) is 17.8 Å². The van der Waals surface area contributed by atoms with Crippen molar-refractivity contribution in [3.05, 3.63) is 41.2 Å². The molecule has 1 aromatic heterocycles. The van der Waals surface area contributed by atoms with E-state index in [1.165, 1.54) is 7.11 Å². The van der Waals surface area contributed by atoms with Gasteiger partial charge in [0.25, 0.3) is 0 Å². The maximum absolute atomic E-state index is 12.9. The van der Waals surface area contributed by atoms with Crippen LogP contribution in [0, 0.1) is 0 Å². The van der Waals surface area contributed by atoms with Crippen molar-refractivity contribution in [1.82, 2.24) is 9.78 Å². The van der Waals surface area contributed by atoms with Gasteiger partial charge in [-0.15, -0.1) is 0 Å². The molecule has 0 bridgehead atoms. The summed E-state index contributed by atoms with van der Waals surface area (Å²) in [5.41, 5.74) is 4.46. The summed E-state index contributed by atoms with van der Waals surface area (Å²) in [6.07, 6.45) is 4.70. The normalized spacial score (nSPS) is 17.1. The minimum Gasteiger partial charge on any atom is -0.493 e. The maximum atomic E-state index is 12.9. The van der Waals surface area contributed by atoms with Gasteiger partial charge in [-0.05, 0) is 81.4 Å². The number of allylic oxidation sites excluding steroid dienone is 2. The predicted molar refractivity (Wildman–Crippen MR) is 125 cm³/mol. The first kappa shape index (κ1) is 23.2. The number of ether oxygens (including phenoxy) is 3. The summed E-state index contributed by atoms with van der Waals surface area (Å²) in [5.74, 6) is 0.499. The second-order valence-corrected chi connectivity index (χ2v) is 9.63. The van der Waals surface area contributed by atoms with E-state index < -0.39 is 17.7 Å². The molecule has 0 amide bonds. The third-order valence-electron chi connectivity index (χ3n) is 5.93. The second-order valence-electron chi connectivity index (χ2n) is 9.63. The number of aromatic nitrogens is 2. The summed E-state index contributed by atoms with van der Waals surface area (Å²) < 4.78 is 18.8. The van der Waals surface area contributed by atoms with Gasteiger partial charge in [0.05, 0.1) is 30.7 Å². The molecule has 0 N–H and O–H groups in total. The van der Waals surface area contributed by atoms with Crippen molar-refractivity contribution in [2.45, 2.75) is 64.6 Å². The molecule has 0 saturated carbocycles. The summed E-state index contributed by atoms with van der Waals surface area (Å²) in [6, 6.07) is 6.07. The first-order valence-corrected chi connectivity index (χ1v) is 11.5. The van der Waals surface area contributed by atoms with Crippen LogP contribution in [0.25, 0.3) is 16.7 Å². The van der Waals surface area contributed by atoms with Gasteiger partial charge >= 0.3 is 5.97 Å². The molecule has 4 rings (SSSR count). The number of nitrogens with zero attached hydrogens (tertiary/aromatic N) is 2. The number of fused-ring (bicyclic) bond motifs is 1. The maximum Gasteiger partial charge on any atom is 0.341 e. The van der Waals surface area contributed by atoms with Gasteiger partial charge in [0.2, 0.25) is 0 Å². The number of carbonyl (C=O) groups is 2.